The van der Waals surface area contributed by atoms with Gasteiger partial charge >= 0.3 is 5.97 Å². The number of nitrogens with one attached hydrogen (secondary N) is 2. The van der Waals surface area contributed by atoms with Gasteiger partial charge in [-0.2, -0.15) is 0 Å². The minimum Gasteiger partial charge on any atom is -0.495 e. The van der Waals surface area contributed by atoms with Gasteiger partial charge in [-0.25, -0.2) is 4.79 Å². The van der Waals surface area contributed by atoms with E-state index in [0.29, 0.717) is 44.4 Å². The second kappa shape index (κ2) is 14.9. The summed E-state index contributed by atoms with van der Waals surface area (Å²) in [6, 6.07) is 20.4. The van der Waals surface area contributed by atoms with Crippen LogP contribution in [0.3, 0.4) is 0 Å². The van der Waals surface area contributed by atoms with E-state index < -0.39 is 5.97 Å². The molecule has 42 heavy (non-hydrogen) atoms. The lowest BCUT2D eigenvalue weighted by atomic mass is 10.2. The van der Waals surface area contributed by atoms with E-state index in [1.54, 1.807) is 73.2 Å². The number of esters is 1. The van der Waals surface area contributed by atoms with Crippen molar-refractivity contribution in [1.82, 2.24) is 20.1 Å². The minimum atomic E-state index is -0.428. The number of halogens is 1. The second-order valence-corrected chi connectivity index (χ2v) is 9.94. The molecule has 0 aliphatic rings. The van der Waals surface area contributed by atoms with Crippen LogP contribution >= 0.6 is 23.4 Å². The molecule has 4 rings (SSSR count). The summed E-state index contributed by atoms with van der Waals surface area (Å²) in [6.07, 6.45) is 0. The number of ether oxygens (including phenoxy) is 3. The summed E-state index contributed by atoms with van der Waals surface area (Å²) in [5, 5.41) is 15.1. The van der Waals surface area contributed by atoms with Gasteiger partial charge in [-0.3, -0.25) is 14.2 Å². The van der Waals surface area contributed by atoms with Crippen molar-refractivity contribution < 1.29 is 28.6 Å². The first-order chi connectivity index (χ1) is 20.4. The third-order valence-corrected chi connectivity index (χ3v) is 6.85. The first-order valence-corrected chi connectivity index (χ1v) is 14.2. The van der Waals surface area contributed by atoms with E-state index in [0.717, 1.165) is 0 Å². The topological polar surface area (TPSA) is 134 Å². The number of amides is 2. The smallest absolute Gasteiger partial charge is 0.338 e. The molecule has 13 heteroatoms. The molecule has 0 aliphatic carbocycles. The molecule has 2 N–H and O–H groups in total. The summed E-state index contributed by atoms with van der Waals surface area (Å²) in [7, 11) is 1.55. The zero-order valence-electron chi connectivity index (χ0n) is 22.8. The van der Waals surface area contributed by atoms with Crippen LogP contribution in [0.4, 0.5) is 5.69 Å². The highest BCUT2D eigenvalue weighted by molar-refractivity contribution is 7.99. The van der Waals surface area contributed by atoms with Crippen LogP contribution in [0.25, 0.3) is 5.69 Å². The van der Waals surface area contributed by atoms with Crippen molar-refractivity contribution in [3.8, 4) is 17.2 Å². The number of benzene rings is 3. The lowest BCUT2D eigenvalue weighted by Crippen LogP contribution is -2.29. The van der Waals surface area contributed by atoms with Gasteiger partial charge in [-0.05, 0) is 67.6 Å². The van der Waals surface area contributed by atoms with Crippen molar-refractivity contribution in [1.29, 1.82) is 0 Å². The quantitative estimate of drug-likeness (QED) is 0.166. The number of carbonyl (C=O) groups excluding carboxylic acids is 3. The molecule has 3 aromatic carbocycles. The standard InChI is InChI=1S/C29H28ClN5O6S/c1-3-40-28(38)19-8-12-21(13-9-19)32-27(37)18-42-29-34-33-25(35(29)23-6-4-5-7-24(23)39-2)16-31-26(36)17-41-22-14-10-20(30)11-15-22/h4-15H,3,16-18H2,1-2H3,(H,31,36)(H,32,37). The van der Waals surface area contributed by atoms with Crippen LogP contribution in [0.2, 0.25) is 5.02 Å². The largest absolute Gasteiger partial charge is 0.495 e. The molecule has 218 valence electrons. The number of thioether (sulfide) groups is 1. The van der Waals surface area contributed by atoms with Crippen LogP contribution in [-0.4, -0.2) is 58.6 Å². The molecule has 11 nitrogen and oxygen atoms in total. The average Bonchev–Trinajstić information content (AvgIpc) is 3.41. The average molecular weight is 610 g/mol. The Morgan fingerprint density at radius 1 is 0.952 bits per heavy atom. The second-order valence-electron chi connectivity index (χ2n) is 8.56. The maximum atomic E-state index is 12.7. The highest BCUT2D eigenvalue weighted by Crippen LogP contribution is 2.29. The Labute approximate surface area is 251 Å². The number of para-hydroxylation sites is 2. The minimum absolute atomic E-state index is 0.0220. The third kappa shape index (κ3) is 8.24. The number of hydrogen-bond acceptors (Lipinski definition) is 9. The summed E-state index contributed by atoms with van der Waals surface area (Å²) in [5.41, 5.74) is 1.57. The molecule has 0 saturated carbocycles. The van der Waals surface area contributed by atoms with Gasteiger partial charge in [0.1, 0.15) is 11.5 Å². The van der Waals surface area contributed by atoms with Crippen LogP contribution in [0.5, 0.6) is 11.5 Å². The monoisotopic (exact) mass is 609 g/mol. The Bertz CT molecular complexity index is 1530. The van der Waals surface area contributed by atoms with Crippen LogP contribution in [0.15, 0.2) is 78.0 Å². The molecule has 0 unspecified atom stereocenters. The molecule has 0 saturated heterocycles. The van der Waals surface area contributed by atoms with Crippen LogP contribution in [0.1, 0.15) is 23.1 Å². The third-order valence-electron chi connectivity index (χ3n) is 5.67. The Balaban J connectivity index is 1.42. The van der Waals surface area contributed by atoms with Crippen molar-refractivity contribution in [3.63, 3.8) is 0 Å². The molecular formula is C29H28ClN5O6S. The molecule has 4 aromatic rings. The van der Waals surface area contributed by atoms with E-state index in [9.17, 15) is 14.4 Å². The van der Waals surface area contributed by atoms with Gasteiger partial charge in [0.15, 0.2) is 17.6 Å². The van der Waals surface area contributed by atoms with E-state index in [-0.39, 0.29) is 37.3 Å². The van der Waals surface area contributed by atoms with E-state index in [2.05, 4.69) is 20.8 Å². The van der Waals surface area contributed by atoms with Gasteiger partial charge < -0.3 is 24.8 Å². The predicted molar refractivity (Wildman–Crippen MR) is 158 cm³/mol. The fourth-order valence-electron chi connectivity index (χ4n) is 3.70. The predicted octanol–water partition coefficient (Wildman–Crippen LogP) is 4.53. The lowest BCUT2D eigenvalue weighted by Gasteiger charge is -2.14. The first-order valence-electron chi connectivity index (χ1n) is 12.8. The lowest BCUT2D eigenvalue weighted by molar-refractivity contribution is -0.123. The fraction of sp³-hybridized carbons (Fsp3) is 0.207. The zero-order valence-corrected chi connectivity index (χ0v) is 24.4. The fourth-order valence-corrected chi connectivity index (χ4v) is 4.59. The van der Waals surface area contributed by atoms with Crippen molar-refractivity contribution in [2.24, 2.45) is 0 Å². The summed E-state index contributed by atoms with van der Waals surface area (Å²) in [6.45, 7) is 1.86. The first kappa shape index (κ1) is 30.4. The number of anilines is 1. The molecule has 1 aromatic heterocycles. The van der Waals surface area contributed by atoms with E-state index in [4.69, 9.17) is 25.8 Å². The molecule has 0 bridgehead atoms. The summed E-state index contributed by atoms with van der Waals surface area (Å²) >= 11 is 7.05. The number of carbonyl (C=O) groups is 3. The Hall–Kier alpha value is -4.55. The zero-order chi connectivity index (χ0) is 29.9. The molecule has 1 heterocycles. The van der Waals surface area contributed by atoms with E-state index in [1.165, 1.54) is 11.8 Å². The molecule has 0 radical (unpaired) electrons. The number of hydrogen-bond donors (Lipinski definition) is 2. The maximum absolute atomic E-state index is 12.7. The molecule has 0 aliphatic heterocycles. The Kier molecular flexibility index (Phi) is 10.8. The van der Waals surface area contributed by atoms with Crippen molar-refractivity contribution in [2.45, 2.75) is 18.6 Å². The van der Waals surface area contributed by atoms with Gasteiger partial charge in [0.2, 0.25) is 5.91 Å². The van der Waals surface area contributed by atoms with Crippen molar-refractivity contribution >= 4 is 46.8 Å². The highest BCUT2D eigenvalue weighted by Gasteiger charge is 2.19. The molecule has 0 atom stereocenters. The highest BCUT2D eigenvalue weighted by atomic mass is 35.5. The summed E-state index contributed by atoms with van der Waals surface area (Å²) in [4.78, 5) is 37.1. The molecule has 2 amide bonds. The van der Waals surface area contributed by atoms with Gasteiger partial charge in [-0.1, -0.05) is 35.5 Å². The van der Waals surface area contributed by atoms with Gasteiger partial charge in [-0.15, -0.1) is 10.2 Å². The van der Waals surface area contributed by atoms with Crippen LogP contribution < -0.4 is 20.1 Å². The van der Waals surface area contributed by atoms with Crippen molar-refractivity contribution in [3.05, 3.63) is 89.2 Å². The SMILES string of the molecule is CCOC(=O)c1ccc(NC(=O)CSc2nnc(CNC(=O)COc3ccc(Cl)cc3)n2-c2ccccc2OC)cc1. The van der Waals surface area contributed by atoms with E-state index in [1.807, 2.05) is 18.2 Å². The Morgan fingerprint density at radius 3 is 2.40 bits per heavy atom. The van der Waals surface area contributed by atoms with Crippen LogP contribution in [0, 0.1) is 0 Å². The van der Waals surface area contributed by atoms with Crippen molar-refractivity contribution in [2.75, 3.05) is 31.4 Å². The number of rotatable bonds is 13. The summed E-state index contributed by atoms with van der Waals surface area (Å²) in [5.74, 6) is 0.450. The molecule has 0 spiro atoms. The van der Waals surface area contributed by atoms with Gasteiger partial charge in [0.05, 0.1) is 37.3 Å². The van der Waals surface area contributed by atoms with Gasteiger partial charge in [0, 0.05) is 10.7 Å². The van der Waals surface area contributed by atoms with E-state index >= 15 is 0 Å². The van der Waals surface area contributed by atoms with Crippen LogP contribution in [-0.2, 0) is 20.9 Å². The molecule has 0 fully saturated rings. The Morgan fingerprint density at radius 2 is 1.69 bits per heavy atom. The number of nitrogens with zero attached hydrogens (tertiary/aromatic N) is 3. The van der Waals surface area contributed by atoms with Gasteiger partial charge in [0.25, 0.3) is 5.91 Å². The molecular weight excluding hydrogens is 582 g/mol. The normalized spacial score (nSPS) is 10.5. The maximum Gasteiger partial charge on any atom is 0.338 e. The summed E-state index contributed by atoms with van der Waals surface area (Å²) < 4.78 is 17.7. The number of methoxy groups -OCH3 is 1. The number of aromatic nitrogens is 3.